The molecule has 0 radical (unpaired) electrons. The van der Waals surface area contributed by atoms with E-state index in [4.69, 9.17) is 0 Å². The highest BCUT2D eigenvalue weighted by atomic mass is 16.2. The molecule has 2 aliphatic heterocycles. The second-order valence-electron chi connectivity index (χ2n) is 7.02. The third-order valence-corrected chi connectivity index (χ3v) is 6.14. The number of amides is 2. The molecule has 0 spiro atoms. The number of carbonyl (C=O) groups is 2. The molecule has 4 heteroatoms. The summed E-state index contributed by atoms with van der Waals surface area (Å²) in [4.78, 5) is 21.9. The van der Waals surface area contributed by atoms with E-state index in [1.807, 2.05) is 0 Å². The molecular formula is C16H18N2O2. The van der Waals surface area contributed by atoms with Crippen molar-refractivity contribution in [3.63, 3.8) is 0 Å². The van der Waals surface area contributed by atoms with E-state index >= 15 is 0 Å². The zero-order valence-corrected chi connectivity index (χ0v) is 11.2. The van der Waals surface area contributed by atoms with Crippen molar-refractivity contribution in [3.05, 3.63) is 24.3 Å². The molecule has 2 amide bonds. The molecule has 104 valence electrons. The molecule has 2 heterocycles. The van der Waals surface area contributed by atoms with Crippen LogP contribution in [0.5, 0.6) is 0 Å². The number of allylic oxidation sites excluding steroid dienone is 2. The SMILES string of the molecule is O=C1NC2C1[C@@H]1C=C[C@H]2C1.O=C1N[C@H]2[C@@H]1[C@@H]1C=C[C@H]2C1. The Balaban J connectivity index is 0.0000000960. The molecule has 4 fully saturated rings. The smallest absolute Gasteiger partial charge is 0.226 e. The first-order valence-corrected chi connectivity index (χ1v) is 7.70. The first kappa shape index (κ1) is 11.1. The fourth-order valence-electron chi connectivity index (χ4n) is 5.08. The Morgan fingerprint density at radius 2 is 1.10 bits per heavy atom. The van der Waals surface area contributed by atoms with E-state index in [1.54, 1.807) is 0 Å². The largest absolute Gasteiger partial charge is 0.352 e. The number of rotatable bonds is 0. The fourth-order valence-corrected chi connectivity index (χ4v) is 5.08. The number of fused-ring (bicyclic) bond motifs is 10. The Kier molecular flexibility index (Phi) is 1.97. The van der Waals surface area contributed by atoms with Crippen LogP contribution in [0.1, 0.15) is 12.8 Å². The average molecular weight is 270 g/mol. The maximum Gasteiger partial charge on any atom is 0.226 e. The molecule has 2 saturated carbocycles. The monoisotopic (exact) mass is 270 g/mol. The van der Waals surface area contributed by atoms with Gasteiger partial charge in [0.1, 0.15) is 0 Å². The zero-order chi connectivity index (χ0) is 13.4. The highest BCUT2D eigenvalue weighted by Crippen LogP contribution is 2.48. The molecule has 4 bridgehead atoms. The first-order chi connectivity index (χ1) is 9.72. The van der Waals surface area contributed by atoms with Crippen molar-refractivity contribution >= 4 is 11.8 Å². The van der Waals surface area contributed by atoms with Crippen LogP contribution in [0.3, 0.4) is 0 Å². The lowest BCUT2D eigenvalue weighted by molar-refractivity contribution is -0.136. The Bertz CT molecular complexity index is 517. The van der Waals surface area contributed by atoms with Crippen molar-refractivity contribution < 1.29 is 9.59 Å². The van der Waals surface area contributed by atoms with Crippen LogP contribution in [-0.2, 0) is 9.59 Å². The predicted molar refractivity (Wildman–Crippen MR) is 72.3 cm³/mol. The second kappa shape index (κ2) is 3.54. The summed E-state index contributed by atoms with van der Waals surface area (Å²) in [6, 6.07) is 1.03. The minimum Gasteiger partial charge on any atom is -0.352 e. The summed E-state index contributed by atoms with van der Waals surface area (Å²) in [5.74, 6) is 3.79. The summed E-state index contributed by atoms with van der Waals surface area (Å²) >= 11 is 0. The normalized spacial score (nSPS) is 54.2. The van der Waals surface area contributed by atoms with Gasteiger partial charge >= 0.3 is 0 Å². The van der Waals surface area contributed by atoms with Gasteiger partial charge in [-0.15, -0.1) is 0 Å². The maximum absolute atomic E-state index is 11.0. The van der Waals surface area contributed by atoms with Gasteiger partial charge < -0.3 is 10.6 Å². The number of hydrogen-bond donors (Lipinski definition) is 2. The lowest BCUT2D eigenvalue weighted by atomic mass is 9.82. The minimum atomic E-state index is 0.279. The van der Waals surface area contributed by atoms with Crippen LogP contribution in [0, 0.1) is 35.5 Å². The maximum atomic E-state index is 11.0. The van der Waals surface area contributed by atoms with E-state index in [9.17, 15) is 9.59 Å². The molecule has 6 rings (SSSR count). The van der Waals surface area contributed by atoms with Gasteiger partial charge in [0.15, 0.2) is 0 Å². The van der Waals surface area contributed by atoms with E-state index in [2.05, 4.69) is 34.9 Å². The standard InChI is InChI=1S/2C8H9NO/c2*10-8-6-4-1-2-5(3-4)7(6)9-8/h2*1-2,4-7H,3H2,(H,9,10)/t4-,5+,6?,7?;4-,5+,6+,7-/m11/s1. The van der Waals surface area contributed by atoms with Crippen LogP contribution in [-0.4, -0.2) is 23.9 Å². The highest BCUT2D eigenvalue weighted by Gasteiger charge is 2.55. The third-order valence-electron chi connectivity index (χ3n) is 6.14. The third kappa shape index (κ3) is 1.23. The topological polar surface area (TPSA) is 58.2 Å². The summed E-state index contributed by atoms with van der Waals surface area (Å²) in [6.45, 7) is 0. The summed E-state index contributed by atoms with van der Waals surface area (Å²) in [7, 11) is 0. The lowest BCUT2D eigenvalue weighted by Crippen LogP contribution is -2.59. The van der Waals surface area contributed by atoms with Crippen LogP contribution in [0.4, 0.5) is 0 Å². The van der Waals surface area contributed by atoms with Crippen LogP contribution in [0.2, 0.25) is 0 Å². The summed E-state index contributed by atoms with van der Waals surface area (Å²) in [5.41, 5.74) is 0. The van der Waals surface area contributed by atoms with Gasteiger partial charge in [-0.3, -0.25) is 9.59 Å². The summed E-state index contributed by atoms with van der Waals surface area (Å²) < 4.78 is 0. The quantitative estimate of drug-likeness (QED) is 0.500. The molecule has 2 N–H and O–H groups in total. The summed E-state index contributed by atoms with van der Waals surface area (Å²) in [5, 5.41) is 5.89. The van der Waals surface area contributed by atoms with Gasteiger partial charge in [-0.1, -0.05) is 24.3 Å². The highest BCUT2D eigenvalue weighted by molar-refractivity contribution is 5.88. The van der Waals surface area contributed by atoms with Gasteiger partial charge in [-0.2, -0.15) is 0 Å². The molecule has 8 atom stereocenters. The van der Waals surface area contributed by atoms with Crippen LogP contribution in [0.25, 0.3) is 0 Å². The molecule has 4 aliphatic carbocycles. The van der Waals surface area contributed by atoms with Crippen molar-refractivity contribution in [2.24, 2.45) is 35.5 Å². The van der Waals surface area contributed by atoms with Gasteiger partial charge in [0, 0.05) is 12.1 Å². The Morgan fingerprint density at radius 3 is 1.40 bits per heavy atom. The summed E-state index contributed by atoms with van der Waals surface area (Å²) in [6.07, 6.45) is 11.4. The van der Waals surface area contributed by atoms with Gasteiger partial charge in [0.05, 0.1) is 11.8 Å². The van der Waals surface area contributed by atoms with Crippen molar-refractivity contribution in [3.8, 4) is 0 Å². The van der Waals surface area contributed by atoms with Gasteiger partial charge in [0.25, 0.3) is 0 Å². The number of β-lactam (4-membered cyclic amide) rings is 2. The molecule has 0 aromatic rings. The van der Waals surface area contributed by atoms with E-state index in [1.165, 1.54) is 12.8 Å². The molecule has 2 unspecified atom stereocenters. The number of carbonyl (C=O) groups excluding carboxylic acids is 2. The van der Waals surface area contributed by atoms with Gasteiger partial charge in [0.2, 0.25) is 11.8 Å². The number of nitrogens with one attached hydrogen (secondary N) is 2. The Hall–Kier alpha value is -1.58. The van der Waals surface area contributed by atoms with Crippen molar-refractivity contribution in [2.45, 2.75) is 24.9 Å². The molecular weight excluding hydrogens is 252 g/mol. The Morgan fingerprint density at radius 1 is 0.700 bits per heavy atom. The first-order valence-electron chi connectivity index (χ1n) is 7.70. The van der Waals surface area contributed by atoms with E-state index < -0.39 is 0 Å². The van der Waals surface area contributed by atoms with Crippen LogP contribution in [0.15, 0.2) is 24.3 Å². The predicted octanol–water partition coefficient (Wildman–Crippen LogP) is 0.614. The number of hydrogen-bond acceptors (Lipinski definition) is 2. The van der Waals surface area contributed by atoms with Gasteiger partial charge in [-0.25, -0.2) is 0 Å². The molecule has 20 heavy (non-hydrogen) atoms. The van der Waals surface area contributed by atoms with E-state index in [0.29, 0.717) is 47.6 Å². The fraction of sp³-hybridized carbons (Fsp3) is 0.625. The molecule has 2 saturated heterocycles. The van der Waals surface area contributed by atoms with Crippen molar-refractivity contribution in [2.75, 3.05) is 0 Å². The van der Waals surface area contributed by atoms with Crippen molar-refractivity contribution in [1.82, 2.24) is 10.6 Å². The van der Waals surface area contributed by atoms with E-state index in [0.717, 1.165) is 0 Å². The average Bonchev–Trinajstić information content (AvgIpc) is 3.12. The molecule has 4 nitrogen and oxygen atoms in total. The van der Waals surface area contributed by atoms with Crippen LogP contribution < -0.4 is 10.6 Å². The molecule has 0 aromatic carbocycles. The minimum absolute atomic E-state index is 0.279. The van der Waals surface area contributed by atoms with E-state index in [-0.39, 0.29) is 11.8 Å². The Labute approximate surface area is 117 Å². The lowest BCUT2D eigenvalue weighted by Gasteiger charge is -2.37. The van der Waals surface area contributed by atoms with Crippen molar-refractivity contribution in [1.29, 1.82) is 0 Å². The van der Waals surface area contributed by atoms with Crippen LogP contribution >= 0.6 is 0 Å². The van der Waals surface area contributed by atoms with Gasteiger partial charge in [-0.05, 0) is 36.5 Å². The second-order valence-corrected chi connectivity index (χ2v) is 7.02. The zero-order valence-electron chi connectivity index (χ0n) is 11.2. The molecule has 0 aromatic heterocycles. The molecule has 6 aliphatic rings.